The van der Waals surface area contributed by atoms with Crippen LogP contribution < -0.4 is 0 Å². The second kappa shape index (κ2) is 6.66. The maximum absolute atomic E-state index is 12.5. The summed E-state index contributed by atoms with van der Waals surface area (Å²) >= 11 is 0. The number of aliphatic hydroxyl groups is 1. The molecular formula is C18H16O3. The highest BCUT2D eigenvalue weighted by Gasteiger charge is 2.26. The van der Waals surface area contributed by atoms with Crippen molar-refractivity contribution in [3.8, 4) is 0 Å². The average Bonchev–Trinajstić information content (AvgIpc) is 2.53. The highest BCUT2D eigenvalue weighted by molar-refractivity contribution is 6.17. The largest absolute Gasteiger partial charge is 0.513 e. The Morgan fingerprint density at radius 3 is 1.57 bits per heavy atom. The minimum Gasteiger partial charge on any atom is -0.513 e. The Bertz CT molecular complexity index is 602. The molecule has 0 aliphatic heterocycles. The van der Waals surface area contributed by atoms with E-state index in [9.17, 15) is 14.7 Å². The van der Waals surface area contributed by atoms with Gasteiger partial charge in [-0.2, -0.15) is 0 Å². The number of hydrogen-bond acceptors (Lipinski definition) is 3. The second-order valence-electron chi connectivity index (χ2n) is 4.75. The molecule has 0 heterocycles. The molecule has 1 N–H and O–H groups in total. The van der Waals surface area contributed by atoms with Crippen LogP contribution in [0.2, 0.25) is 0 Å². The van der Waals surface area contributed by atoms with E-state index >= 15 is 0 Å². The minimum atomic E-state index is -1.01. The van der Waals surface area contributed by atoms with Gasteiger partial charge in [0, 0.05) is 11.1 Å². The summed E-state index contributed by atoms with van der Waals surface area (Å²) in [5.41, 5.74) is 0.897. The van der Waals surface area contributed by atoms with Gasteiger partial charge >= 0.3 is 0 Å². The first-order chi connectivity index (χ1) is 10.1. The van der Waals surface area contributed by atoms with Crippen LogP contribution in [0, 0.1) is 5.92 Å². The van der Waals surface area contributed by atoms with Crippen molar-refractivity contribution in [1.82, 2.24) is 0 Å². The first-order valence-corrected chi connectivity index (χ1v) is 6.65. The van der Waals surface area contributed by atoms with E-state index in [1.54, 1.807) is 60.7 Å². The number of hydrogen-bond donors (Lipinski definition) is 1. The lowest BCUT2D eigenvalue weighted by Gasteiger charge is -2.11. The molecule has 3 nitrogen and oxygen atoms in total. The molecule has 0 atom stereocenters. The van der Waals surface area contributed by atoms with Gasteiger partial charge in [-0.25, -0.2) is 0 Å². The van der Waals surface area contributed by atoms with Crippen LogP contribution in [0.25, 0.3) is 0 Å². The van der Waals surface area contributed by atoms with Gasteiger partial charge in [0.25, 0.3) is 0 Å². The van der Waals surface area contributed by atoms with Gasteiger partial charge in [-0.1, -0.05) is 60.7 Å². The molecule has 0 radical (unpaired) electrons. The Balaban J connectivity index is 2.38. The van der Waals surface area contributed by atoms with Crippen LogP contribution in [0.5, 0.6) is 0 Å². The van der Waals surface area contributed by atoms with Crippen LogP contribution in [0.15, 0.2) is 72.5 Å². The SMILES string of the molecule is CC(O)=CC(C(=O)c1ccccc1)C(=O)c1ccccc1. The predicted octanol–water partition coefficient (Wildman–Crippen LogP) is 3.83. The Labute approximate surface area is 123 Å². The molecule has 0 saturated heterocycles. The molecular weight excluding hydrogens is 264 g/mol. The molecule has 0 fully saturated rings. The zero-order chi connectivity index (χ0) is 15.2. The van der Waals surface area contributed by atoms with Crippen molar-refractivity contribution in [2.75, 3.05) is 0 Å². The Kier molecular flexibility index (Phi) is 4.67. The second-order valence-corrected chi connectivity index (χ2v) is 4.75. The summed E-state index contributed by atoms with van der Waals surface area (Å²) in [7, 11) is 0. The lowest BCUT2D eigenvalue weighted by Crippen LogP contribution is -2.23. The van der Waals surface area contributed by atoms with Crippen molar-refractivity contribution < 1.29 is 14.7 Å². The summed E-state index contributed by atoms with van der Waals surface area (Å²) in [6.07, 6.45) is 1.30. The third-order valence-electron chi connectivity index (χ3n) is 3.09. The monoisotopic (exact) mass is 280 g/mol. The Morgan fingerprint density at radius 2 is 1.24 bits per heavy atom. The number of allylic oxidation sites excluding steroid dienone is 2. The van der Waals surface area contributed by atoms with E-state index in [0.29, 0.717) is 11.1 Å². The number of benzene rings is 2. The number of carbonyl (C=O) groups is 2. The maximum Gasteiger partial charge on any atom is 0.177 e. The molecule has 0 spiro atoms. The Morgan fingerprint density at radius 1 is 0.857 bits per heavy atom. The van der Waals surface area contributed by atoms with Crippen LogP contribution in [-0.2, 0) is 0 Å². The summed E-state index contributed by atoms with van der Waals surface area (Å²) < 4.78 is 0. The smallest absolute Gasteiger partial charge is 0.177 e. The van der Waals surface area contributed by atoms with Gasteiger partial charge in [-0.15, -0.1) is 0 Å². The van der Waals surface area contributed by atoms with E-state index in [2.05, 4.69) is 0 Å². The fraction of sp³-hybridized carbons (Fsp3) is 0.111. The molecule has 106 valence electrons. The number of Topliss-reactive ketones (excluding diaryl/α,β-unsaturated/α-hetero) is 2. The zero-order valence-electron chi connectivity index (χ0n) is 11.7. The average molecular weight is 280 g/mol. The normalized spacial score (nSPS) is 11.4. The van der Waals surface area contributed by atoms with Gasteiger partial charge in [0.15, 0.2) is 11.6 Å². The fourth-order valence-electron chi connectivity index (χ4n) is 2.08. The van der Waals surface area contributed by atoms with Crippen LogP contribution >= 0.6 is 0 Å². The topological polar surface area (TPSA) is 54.4 Å². The van der Waals surface area contributed by atoms with Crippen molar-refractivity contribution in [2.45, 2.75) is 6.92 Å². The molecule has 0 amide bonds. The van der Waals surface area contributed by atoms with Gasteiger partial charge < -0.3 is 5.11 Å². The Hall–Kier alpha value is -2.68. The van der Waals surface area contributed by atoms with Crippen molar-refractivity contribution in [1.29, 1.82) is 0 Å². The molecule has 0 unspecified atom stereocenters. The lowest BCUT2D eigenvalue weighted by molar-refractivity contribution is 0.0838. The quantitative estimate of drug-likeness (QED) is 0.514. The molecule has 2 rings (SSSR count). The van der Waals surface area contributed by atoms with E-state index in [1.807, 2.05) is 0 Å². The molecule has 0 aliphatic rings. The zero-order valence-corrected chi connectivity index (χ0v) is 11.7. The molecule has 3 heteroatoms. The van der Waals surface area contributed by atoms with Crippen molar-refractivity contribution in [3.63, 3.8) is 0 Å². The van der Waals surface area contributed by atoms with Crippen LogP contribution in [0.4, 0.5) is 0 Å². The van der Waals surface area contributed by atoms with Gasteiger partial charge in [-0.3, -0.25) is 9.59 Å². The van der Waals surface area contributed by atoms with E-state index in [-0.39, 0.29) is 17.3 Å². The highest BCUT2D eigenvalue weighted by atomic mass is 16.3. The third-order valence-corrected chi connectivity index (χ3v) is 3.09. The standard InChI is InChI=1S/C18H16O3/c1-13(19)12-16(17(20)14-8-4-2-5-9-14)18(21)15-10-6-3-7-11-15/h2-12,16,19H,1H3. The van der Waals surface area contributed by atoms with Crippen LogP contribution in [0.3, 0.4) is 0 Å². The number of ketones is 2. The molecule has 0 saturated carbocycles. The molecule has 0 aliphatic carbocycles. The summed E-state index contributed by atoms with van der Waals surface area (Å²) in [6, 6.07) is 17.2. The van der Waals surface area contributed by atoms with Crippen molar-refractivity contribution in [2.24, 2.45) is 5.92 Å². The van der Waals surface area contributed by atoms with Gasteiger partial charge in [0.1, 0.15) is 5.92 Å². The summed E-state index contributed by atoms with van der Waals surface area (Å²) in [5.74, 6) is -1.70. The fourth-order valence-corrected chi connectivity index (χ4v) is 2.08. The first kappa shape index (κ1) is 14.7. The molecule has 21 heavy (non-hydrogen) atoms. The van der Waals surface area contributed by atoms with Crippen LogP contribution in [0.1, 0.15) is 27.6 Å². The van der Waals surface area contributed by atoms with Gasteiger partial charge in [-0.05, 0) is 13.0 Å². The first-order valence-electron chi connectivity index (χ1n) is 6.65. The molecule has 0 bridgehead atoms. The van der Waals surface area contributed by atoms with E-state index in [1.165, 1.54) is 13.0 Å². The van der Waals surface area contributed by atoms with E-state index in [0.717, 1.165) is 0 Å². The minimum absolute atomic E-state index is 0.0476. The van der Waals surface area contributed by atoms with Crippen molar-refractivity contribution in [3.05, 3.63) is 83.6 Å². The van der Waals surface area contributed by atoms with Gasteiger partial charge in [0.2, 0.25) is 0 Å². The lowest BCUT2D eigenvalue weighted by atomic mass is 9.89. The van der Waals surface area contributed by atoms with Crippen LogP contribution in [-0.4, -0.2) is 16.7 Å². The molecule has 2 aromatic rings. The predicted molar refractivity (Wildman–Crippen MR) is 81.4 cm³/mol. The maximum atomic E-state index is 12.5. The molecule has 2 aromatic carbocycles. The summed E-state index contributed by atoms with van der Waals surface area (Å²) in [6.45, 7) is 1.45. The van der Waals surface area contributed by atoms with Gasteiger partial charge in [0.05, 0.1) is 5.76 Å². The van der Waals surface area contributed by atoms with Crippen molar-refractivity contribution >= 4 is 11.6 Å². The number of aliphatic hydroxyl groups excluding tert-OH is 1. The van der Waals surface area contributed by atoms with E-state index in [4.69, 9.17) is 0 Å². The molecule has 0 aromatic heterocycles. The highest BCUT2D eigenvalue weighted by Crippen LogP contribution is 2.17. The van der Waals surface area contributed by atoms with E-state index < -0.39 is 5.92 Å². The summed E-state index contributed by atoms with van der Waals surface area (Å²) in [5, 5.41) is 9.47. The summed E-state index contributed by atoms with van der Waals surface area (Å²) in [4.78, 5) is 25.0. The third kappa shape index (κ3) is 3.66. The number of carbonyl (C=O) groups excluding carboxylic acids is 2. The number of rotatable bonds is 5.